The van der Waals surface area contributed by atoms with Crippen molar-refractivity contribution in [1.82, 2.24) is 9.55 Å². The lowest BCUT2D eigenvalue weighted by atomic mass is 10.1. The van der Waals surface area contributed by atoms with Crippen molar-refractivity contribution >= 4 is 17.2 Å². The topological polar surface area (TPSA) is 48.0 Å². The zero-order chi connectivity index (χ0) is 15.6. The van der Waals surface area contributed by atoms with Crippen LogP contribution in [0.4, 0.5) is 0 Å². The molecule has 0 amide bonds. The van der Waals surface area contributed by atoms with Crippen molar-refractivity contribution < 1.29 is 9.21 Å². The fourth-order valence-electron chi connectivity index (χ4n) is 2.70. The molecule has 0 radical (unpaired) electrons. The molecule has 112 valence electrons. The van der Waals surface area contributed by atoms with Gasteiger partial charge in [0.25, 0.3) is 0 Å². The highest BCUT2D eigenvalue weighted by atomic mass is 16.3. The molecule has 2 heterocycles. The summed E-state index contributed by atoms with van der Waals surface area (Å²) in [6, 6.07) is 18.5. The summed E-state index contributed by atoms with van der Waals surface area (Å²) < 4.78 is 7.52. The Morgan fingerprint density at radius 2 is 1.87 bits per heavy atom. The molecule has 23 heavy (non-hydrogen) atoms. The molecule has 4 rings (SSSR count). The smallest absolute Gasteiger partial charge is 0.226 e. The highest BCUT2D eigenvalue weighted by molar-refractivity contribution is 5.80. The first-order valence-electron chi connectivity index (χ1n) is 7.37. The Balaban J connectivity index is 1.59. The van der Waals surface area contributed by atoms with Crippen molar-refractivity contribution in [1.29, 1.82) is 0 Å². The molecule has 0 saturated heterocycles. The van der Waals surface area contributed by atoms with E-state index in [0.717, 1.165) is 12.1 Å². The van der Waals surface area contributed by atoms with Crippen LogP contribution in [0.1, 0.15) is 16.1 Å². The maximum atomic E-state index is 10.7. The van der Waals surface area contributed by atoms with Gasteiger partial charge in [0, 0.05) is 23.8 Å². The van der Waals surface area contributed by atoms with Gasteiger partial charge in [0.15, 0.2) is 6.29 Å². The van der Waals surface area contributed by atoms with Crippen molar-refractivity contribution in [2.75, 3.05) is 0 Å². The van der Waals surface area contributed by atoms with Crippen LogP contribution in [0.15, 0.2) is 71.5 Å². The highest BCUT2D eigenvalue weighted by Crippen LogP contribution is 2.21. The van der Waals surface area contributed by atoms with E-state index in [1.165, 1.54) is 22.7 Å². The van der Waals surface area contributed by atoms with E-state index < -0.39 is 0 Å². The first-order chi connectivity index (χ1) is 11.3. The zero-order valence-electron chi connectivity index (χ0n) is 12.3. The predicted molar refractivity (Wildman–Crippen MR) is 88.4 cm³/mol. The molecular formula is C19H14N2O2. The van der Waals surface area contributed by atoms with E-state index in [9.17, 15) is 4.79 Å². The van der Waals surface area contributed by atoms with Crippen molar-refractivity contribution in [3.05, 3.63) is 78.3 Å². The van der Waals surface area contributed by atoms with E-state index >= 15 is 0 Å². The minimum atomic E-state index is 0.308. The monoisotopic (exact) mass is 302 g/mol. The van der Waals surface area contributed by atoms with Gasteiger partial charge in [-0.25, -0.2) is 4.98 Å². The summed E-state index contributed by atoms with van der Waals surface area (Å²) in [6.45, 7) is 0.805. The summed E-state index contributed by atoms with van der Waals surface area (Å²) in [6.07, 6.45) is 4.14. The fraction of sp³-hybridized carbons (Fsp3) is 0.0526. The Bertz CT molecular complexity index is 964. The van der Waals surface area contributed by atoms with Crippen LogP contribution in [0.5, 0.6) is 0 Å². The third kappa shape index (κ3) is 2.55. The molecule has 0 bridgehead atoms. The number of rotatable bonds is 4. The molecule has 0 fully saturated rings. The summed E-state index contributed by atoms with van der Waals surface area (Å²) in [5, 5.41) is 1.24. The van der Waals surface area contributed by atoms with Crippen molar-refractivity contribution in [2.24, 2.45) is 0 Å². The summed E-state index contributed by atoms with van der Waals surface area (Å²) in [5.41, 5.74) is 3.58. The van der Waals surface area contributed by atoms with E-state index in [0.29, 0.717) is 17.9 Å². The molecule has 0 saturated carbocycles. The Labute approximate surface area is 133 Å². The van der Waals surface area contributed by atoms with Crippen molar-refractivity contribution in [2.45, 2.75) is 6.54 Å². The summed E-state index contributed by atoms with van der Waals surface area (Å²) >= 11 is 0. The van der Waals surface area contributed by atoms with Gasteiger partial charge in [-0.1, -0.05) is 30.3 Å². The number of hydrogen-bond acceptors (Lipinski definition) is 3. The van der Waals surface area contributed by atoms with Crippen LogP contribution in [-0.2, 0) is 6.54 Å². The number of benzene rings is 2. The molecule has 0 aliphatic heterocycles. The van der Waals surface area contributed by atoms with Gasteiger partial charge in [-0.2, -0.15) is 0 Å². The standard InChI is InChI=1S/C19H14N2O2/c22-12-17-13-23-19(20-17)16-7-5-14(6-8-16)11-21-10-9-15-3-1-2-4-18(15)21/h1-10,12-13H,11H2. The maximum Gasteiger partial charge on any atom is 0.226 e. The number of aldehydes is 1. The largest absolute Gasteiger partial charge is 0.444 e. The number of aromatic nitrogens is 2. The average molecular weight is 302 g/mol. The summed E-state index contributed by atoms with van der Waals surface area (Å²) in [7, 11) is 0. The van der Waals surface area contributed by atoms with Gasteiger partial charge in [-0.15, -0.1) is 0 Å². The number of hydrogen-bond donors (Lipinski definition) is 0. The molecule has 2 aromatic heterocycles. The second-order valence-corrected chi connectivity index (χ2v) is 5.39. The van der Waals surface area contributed by atoms with Gasteiger partial charge in [-0.05, 0) is 35.2 Å². The first-order valence-corrected chi connectivity index (χ1v) is 7.37. The van der Waals surface area contributed by atoms with Crippen LogP contribution in [0, 0.1) is 0 Å². The number of carbonyl (C=O) groups is 1. The van der Waals surface area contributed by atoms with Crippen LogP contribution >= 0.6 is 0 Å². The van der Waals surface area contributed by atoms with E-state index in [4.69, 9.17) is 4.42 Å². The van der Waals surface area contributed by atoms with E-state index in [2.05, 4.69) is 52.1 Å². The minimum Gasteiger partial charge on any atom is -0.444 e. The van der Waals surface area contributed by atoms with Crippen LogP contribution in [0.3, 0.4) is 0 Å². The van der Waals surface area contributed by atoms with E-state index in [-0.39, 0.29) is 0 Å². The Kier molecular flexibility index (Phi) is 3.27. The molecule has 0 unspecified atom stereocenters. The lowest BCUT2D eigenvalue weighted by Gasteiger charge is -2.06. The molecule has 0 N–H and O–H groups in total. The molecule has 0 aliphatic carbocycles. The van der Waals surface area contributed by atoms with Gasteiger partial charge >= 0.3 is 0 Å². The van der Waals surface area contributed by atoms with Gasteiger partial charge in [0.1, 0.15) is 12.0 Å². The molecular weight excluding hydrogens is 288 g/mol. The van der Waals surface area contributed by atoms with Gasteiger partial charge < -0.3 is 8.98 Å². The Morgan fingerprint density at radius 3 is 2.65 bits per heavy atom. The van der Waals surface area contributed by atoms with Crippen LogP contribution in [0.25, 0.3) is 22.4 Å². The molecule has 4 aromatic rings. The van der Waals surface area contributed by atoms with Crippen LogP contribution in [0.2, 0.25) is 0 Å². The van der Waals surface area contributed by atoms with E-state index in [1.54, 1.807) is 0 Å². The SMILES string of the molecule is O=Cc1coc(-c2ccc(Cn3ccc4ccccc43)cc2)n1. The predicted octanol–water partition coefficient (Wildman–Crippen LogP) is 4.16. The number of para-hydroxylation sites is 1. The normalized spacial score (nSPS) is 11.0. The van der Waals surface area contributed by atoms with Crippen molar-refractivity contribution in [3.8, 4) is 11.5 Å². The third-order valence-corrected chi connectivity index (χ3v) is 3.88. The minimum absolute atomic E-state index is 0.308. The zero-order valence-corrected chi connectivity index (χ0v) is 12.3. The van der Waals surface area contributed by atoms with Gasteiger partial charge in [0.2, 0.25) is 5.89 Å². The Morgan fingerprint density at radius 1 is 1.04 bits per heavy atom. The highest BCUT2D eigenvalue weighted by Gasteiger charge is 2.06. The van der Waals surface area contributed by atoms with Gasteiger partial charge in [-0.3, -0.25) is 4.79 Å². The maximum absolute atomic E-state index is 10.7. The van der Waals surface area contributed by atoms with Crippen LogP contribution < -0.4 is 0 Å². The quantitative estimate of drug-likeness (QED) is 0.532. The number of carbonyl (C=O) groups excluding carboxylic acids is 1. The second kappa shape index (κ2) is 5.57. The number of oxazole rings is 1. The first kappa shape index (κ1) is 13.5. The molecule has 0 spiro atoms. The molecule has 0 atom stereocenters. The molecule has 0 aliphatic rings. The Hall–Kier alpha value is -3.14. The lowest BCUT2D eigenvalue weighted by Crippen LogP contribution is -1.97. The molecule has 4 nitrogen and oxygen atoms in total. The fourth-order valence-corrected chi connectivity index (χ4v) is 2.70. The van der Waals surface area contributed by atoms with Crippen LogP contribution in [-0.4, -0.2) is 15.8 Å². The molecule has 2 aromatic carbocycles. The lowest BCUT2D eigenvalue weighted by molar-refractivity contribution is 0.111. The third-order valence-electron chi connectivity index (χ3n) is 3.88. The van der Waals surface area contributed by atoms with E-state index in [1.807, 2.05) is 18.2 Å². The van der Waals surface area contributed by atoms with Gasteiger partial charge in [0.05, 0.1) is 0 Å². The number of nitrogens with zero attached hydrogens (tertiary/aromatic N) is 2. The second-order valence-electron chi connectivity index (χ2n) is 5.39. The number of fused-ring (bicyclic) bond motifs is 1. The average Bonchev–Trinajstić information content (AvgIpc) is 3.23. The summed E-state index contributed by atoms with van der Waals surface area (Å²) in [4.78, 5) is 14.8. The molecule has 4 heteroatoms. The summed E-state index contributed by atoms with van der Waals surface area (Å²) in [5.74, 6) is 0.463. The van der Waals surface area contributed by atoms with Crippen molar-refractivity contribution in [3.63, 3.8) is 0 Å².